The van der Waals surface area contributed by atoms with Crippen LogP contribution >= 0.6 is 34.0 Å². The molecule has 1 radical (unpaired) electrons. The molecule has 90 heavy (non-hydrogen) atoms. The van der Waals surface area contributed by atoms with Gasteiger partial charge in [-0.05, 0) is 116 Å². The second kappa shape index (κ2) is 24.7. The second-order valence-corrected chi connectivity index (χ2v) is 24.9. The molecule has 0 N–H and O–H groups in total. The van der Waals surface area contributed by atoms with E-state index < -0.39 is 0 Å². The van der Waals surface area contributed by atoms with Gasteiger partial charge in [0.1, 0.15) is 6.33 Å². The van der Waals surface area contributed by atoms with Crippen LogP contribution in [0.3, 0.4) is 0 Å². The molecule has 7 aromatic heterocycles. The quantitative estimate of drug-likeness (QED) is 0.118. The largest absolute Gasteiger partial charge is 0.305 e. The molecule has 0 amide bonds. The molecule has 7 heterocycles. The number of hydrogen-bond donors (Lipinski definition) is 0. The minimum absolute atomic E-state index is 0. The molecule has 0 aliphatic heterocycles. The summed E-state index contributed by atoms with van der Waals surface area (Å²) in [6.07, 6.45) is 7.26. The van der Waals surface area contributed by atoms with Gasteiger partial charge in [-0.25, -0.2) is 9.97 Å². The molecule has 427 valence electrons. The molecule has 0 fully saturated rings. The zero-order chi connectivity index (χ0) is 59.0. The molecule has 0 atom stereocenters. The van der Waals surface area contributed by atoms with Crippen LogP contribution in [0.15, 0.2) is 304 Å². The van der Waals surface area contributed by atoms with Crippen molar-refractivity contribution in [2.75, 3.05) is 0 Å². The second-order valence-electron chi connectivity index (χ2n) is 21.7. The Morgan fingerprint density at radius 1 is 0.267 bits per heavy atom. The van der Waals surface area contributed by atoms with Crippen molar-refractivity contribution >= 4 is 116 Å². The van der Waals surface area contributed by atoms with Gasteiger partial charge in [-0.3, -0.25) is 9.97 Å². The van der Waals surface area contributed by atoms with Crippen molar-refractivity contribution in [3.8, 4) is 78.1 Å². The standard InChI is InChI=1S/C46H26N2S3.C24H16N2.C11H8N.Ir/c1-3-19-39-34(13-1)36-17-7-15-32(44(36)49-39)29-10-5-9-27(23-29)28-21-22-41-38(25-28)43-46(51-41)42(47-26-48-43)31-12-6-11-30(24-31)33-16-8-18-37-35-14-2-4-20-40(35)50-45(33)37;1-3-7-17(8-4-1)19-13-15-25-23-21(19)11-12-22-20(14-16-26-24(22)23)18-9-5-2-6-10-18;1-2-6-10(7-3-1)11-8-4-5-9-12-11;/h1-26H;1-16H;1-6,8-9H;/q;;-1;. The van der Waals surface area contributed by atoms with Crippen LogP contribution in [0.4, 0.5) is 0 Å². The number of hydrogen-bond acceptors (Lipinski definition) is 8. The predicted octanol–water partition coefficient (Wildman–Crippen LogP) is 22.9. The summed E-state index contributed by atoms with van der Waals surface area (Å²) in [5.41, 5.74) is 19.1. The molecule has 0 aliphatic rings. The van der Waals surface area contributed by atoms with Gasteiger partial charge < -0.3 is 4.98 Å². The zero-order valence-corrected chi connectivity index (χ0v) is 53.0. The van der Waals surface area contributed by atoms with Crippen molar-refractivity contribution in [2.45, 2.75) is 0 Å². The fourth-order valence-corrected chi connectivity index (χ4v) is 15.9. The van der Waals surface area contributed by atoms with E-state index in [4.69, 9.17) is 9.97 Å². The number of fused-ring (bicyclic) bond motifs is 12. The minimum atomic E-state index is 0. The number of thiophene rings is 3. The molecule has 0 spiro atoms. The van der Waals surface area contributed by atoms with Crippen molar-refractivity contribution in [2.24, 2.45) is 0 Å². The van der Waals surface area contributed by atoms with Crippen LogP contribution in [-0.2, 0) is 20.1 Å². The first-order valence-corrected chi connectivity index (χ1v) is 31.9. The van der Waals surface area contributed by atoms with E-state index in [1.165, 1.54) is 106 Å². The number of rotatable bonds is 7. The summed E-state index contributed by atoms with van der Waals surface area (Å²) in [5, 5.41) is 8.70. The molecule has 0 unspecified atom stereocenters. The number of benzene rings is 11. The first-order valence-electron chi connectivity index (χ1n) is 29.5. The van der Waals surface area contributed by atoms with Crippen LogP contribution in [0.1, 0.15) is 0 Å². The van der Waals surface area contributed by atoms with Gasteiger partial charge in [0.2, 0.25) is 0 Å². The molecule has 9 heteroatoms. The number of aromatic nitrogens is 5. The fourth-order valence-electron chi connectivity index (χ4n) is 12.3. The smallest absolute Gasteiger partial charge is 0.116 e. The van der Waals surface area contributed by atoms with Crippen LogP contribution in [0.25, 0.3) is 161 Å². The topological polar surface area (TPSA) is 64.5 Å². The zero-order valence-electron chi connectivity index (χ0n) is 48.2. The summed E-state index contributed by atoms with van der Waals surface area (Å²) in [4.78, 5) is 23.3. The Hall–Kier alpha value is -10.2. The average Bonchev–Trinajstić information content (AvgIpc) is 1.69. The van der Waals surface area contributed by atoms with Gasteiger partial charge >= 0.3 is 0 Å². The summed E-state index contributed by atoms with van der Waals surface area (Å²) in [5.74, 6) is 0. The van der Waals surface area contributed by atoms with Gasteiger partial charge in [-0.2, -0.15) is 0 Å². The van der Waals surface area contributed by atoms with Crippen LogP contribution in [0.2, 0.25) is 0 Å². The molecular weight excluding hydrogens is 1330 g/mol. The van der Waals surface area contributed by atoms with E-state index in [1.54, 1.807) is 23.9 Å². The summed E-state index contributed by atoms with van der Waals surface area (Å²) in [7, 11) is 0. The van der Waals surface area contributed by atoms with E-state index in [9.17, 15) is 0 Å². The van der Waals surface area contributed by atoms with E-state index in [1.807, 2.05) is 89.7 Å². The Labute approximate surface area is 545 Å². The Kier molecular flexibility index (Phi) is 15.5. The monoisotopic (exact) mass is 1380 g/mol. The molecule has 5 nitrogen and oxygen atoms in total. The van der Waals surface area contributed by atoms with Gasteiger partial charge in [0, 0.05) is 105 Å². The SMILES string of the molecule is [Ir].[c-]1ccccc1-c1ccccn1.c1cc(-c2ccc3sc4c(-c5cccc(-c6cccc7c6sc6ccccc67)c5)ncnc4c3c2)cc(-c2cccc3c2sc2ccccc23)c1.c1ccc(-c2ccnc3c2ccc2c(-c4ccccc4)ccnc23)cc1. The van der Waals surface area contributed by atoms with E-state index in [0.29, 0.717) is 0 Å². The molecule has 0 bridgehead atoms. The molecule has 0 saturated carbocycles. The molecule has 0 aliphatic carbocycles. The van der Waals surface area contributed by atoms with Crippen molar-refractivity contribution in [3.63, 3.8) is 0 Å². The van der Waals surface area contributed by atoms with Crippen LogP contribution in [0, 0.1) is 6.07 Å². The molecule has 18 rings (SSSR count). The van der Waals surface area contributed by atoms with Gasteiger partial charge in [-0.1, -0.05) is 200 Å². The Balaban J connectivity index is 0.000000143. The fraction of sp³-hybridized carbons (Fsp3) is 0. The van der Waals surface area contributed by atoms with Gasteiger partial charge in [0.15, 0.2) is 0 Å². The van der Waals surface area contributed by atoms with Gasteiger partial charge in [0.25, 0.3) is 0 Å². The summed E-state index contributed by atoms with van der Waals surface area (Å²) >= 11 is 5.52. The first kappa shape index (κ1) is 56.3. The van der Waals surface area contributed by atoms with Crippen molar-refractivity contribution in [1.82, 2.24) is 24.9 Å². The van der Waals surface area contributed by atoms with E-state index in [2.05, 4.69) is 245 Å². The van der Waals surface area contributed by atoms with Crippen LogP contribution in [-0.4, -0.2) is 24.9 Å². The molecule has 18 aromatic rings. The van der Waals surface area contributed by atoms with E-state index >= 15 is 0 Å². The van der Waals surface area contributed by atoms with Gasteiger partial charge in [-0.15, -0.1) is 69.9 Å². The van der Waals surface area contributed by atoms with Gasteiger partial charge in [0.05, 0.1) is 26.9 Å². The Morgan fingerprint density at radius 2 is 0.767 bits per heavy atom. The summed E-state index contributed by atoms with van der Waals surface area (Å²) in [6.45, 7) is 0. The van der Waals surface area contributed by atoms with Crippen molar-refractivity contribution < 1.29 is 20.1 Å². The minimum Gasteiger partial charge on any atom is -0.305 e. The first-order chi connectivity index (χ1) is 44.1. The van der Waals surface area contributed by atoms with E-state index in [-0.39, 0.29) is 20.1 Å². The van der Waals surface area contributed by atoms with Crippen molar-refractivity contribution in [1.29, 1.82) is 0 Å². The van der Waals surface area contributed by atoms with Crippen molar-refractivity contribution in [3.05, 3.63) is 310 Å². The maximum absolute atomic E-state index is 4.87. The predicted molar refractivity (Wildman–Crippen MR) is 379 cm³/mol. The third-order valence-corrected chi connectivity index (χ3v) is 20.1. The maximum atomic E-state index is 4.87. The third-order valence-electron chi connectivity index (χ3n) is 16.5. The number of pyridine rings is 3. The normalized spacial score (nSPS) is 11.2. The molecule has 0 saturated heterocycles. The molecular formula is C81H50IrN5S3-. The Bertz CT molecular complexity index is 5500. The van der Waals surface area contributed by atoms with Crippen LogP contribution in [0.5, 0.6) is 0 Å². The summed E-state index contributed by atoms with van der Waals surface area (Å²) in [6, 6.07) is 101. The third kappa shape index (κ3) is 10.6. The average molecular weight is 1380 g/mol. The number of nitrogens with zero attached hydrogens (tertiary/aromatic N) is 5. The summed E-state index contributed by atoms with van der Waals surface area (Å²) < 4.78 is 7.64. The maximum Gasteiger partial charge on any atom is 0.116 e. The Morgan fingerprint density at radius 3 is 1.37 bits per heavy atom. The van der Waals surface area contributed by atoms with E-state index in [0.717, 1.165) is 54.5 Å². The molecule has 11 aromatic carbocycles. The van der Waals surface area contributed by atoms with Crippen LogP contribution < -0.4 is 0 Å².